The van der Waals surface area contributed by atoms with E-state index in [2.05, 4.69) is 30.4 Å². The molecule has 0 saturated carbocycles. The van der Waals surface area contributed by atoms with Gasteiger partial charge in [-0.3, -0.25) is 9.59 Å². The second-order valence-corrected chi connectivity index (χ2v) is 8.38. The third-order valence-electron chi connectivity index (χ3n) is 4.90. The molecular formula is C24H32N2O2S. The molecule has 156 valence electrons. The first-order chi connectivity index (χ1) is 13.9. The zero-order valence-electron chi connectivity index (χ0n) is 17.9. The fourth-order valence-corrected chi connectivity index (χ4v) is 3.95. The molecule has 0 fully saturated rings. The summed E-state index contributed by atoms with van der Waals surface area (Å²) in [5, 5.41) is 2.92. The summed E-state index contributed by atoms with van der Waals surface area (Å²) in [5.41, 5.74) is 4.62. The number of hydrogen-bond donors (Lipinski definition) is 1. The molecule has 29 heavy (non-hydrogen) atoms. The second kappa shape index (κ2) is 11.7. The van der Waals surface area contributed by atoms with Crippen molar-refractivity contribution in [3.63, 3.8) is 0 Å². The van der Waals surface area contributed by atoms with Gasteiger partial charge >= 0.3 is 0 Å². The Morgan fingerprint density at radius 1 is 1.10 bits per heavy atom. The molecule has 0 aliphatic heterocycles. The van der Waals surface area contributed by atoms with Crippen LogP contribution in [-0.4, -0.2) is 35.1 Å². The molecular weight excluding hydrogens is 380 g/mol. The van der Waals surface area contributed by atoms with Gasteiger partial charge in [-0.15, -0.1) is 11.8 Å². The maximum Gasteiger partial charge on any atom is 0.242 e. The lowest BCUT2D eigenvalue weighted by atomic mass is 10.1. The smallest absolute Gasteiger partial charge is 0.242 e. The first kappa shape index (κ1) is 23.0. The maximum atomic E-state index is 13.1. The average molecular weight is 413 g/mol. The Morgan fingerprint density at radius 2 is 1.86 bits per heavy atom. The lowest BCUT2D eigenvalue weighted by molar-refractivity contribution is -0.138. The molecule has 5 heteroatoms. The maximum absolute atomic E-state index is 13.1. The summed E-state index contributed by atoms with van der Waals surface area (Å²) in [4.78, 5) is 27.3. The van der Waals surface area contributed by atoms with E-state index >= 15 is 0 Å². The highest BCUT2D eigenvalue weighted by molar-refractivity contribution is 7.99. The Kier molecular flexibility index (Phi) is 9.26. The van der Waals surface area contributed by atoms with Crippen molar-refractivity contribution >= 4 is 23.6 Å². The molecule has 0 spiro atoms. The van der Waals surface area contributed by atoms with Crippen LogP contribution in [-0.2, 0) is 21.9 Å². The van der Waals surface area contributed by atoms with Crippen molar-refractivity contribution < 1.29 is 9.59 Å². The van der Waals surface area contributed by atoms with Gasteiger partial charge < -0.3 is 10.2 Å². The van der Waals surface area contributed by atoms with E-state index in [4.69, 9.17) is 0 Å². The summed E-state index contributed by atoms with van der Waals surface area (Å²) in [5.74, 6) is 1.02. The van der Waals surface area contributed by atoms with Gasteiger partial charge in [0.15, 0.2) is 0 Å². The van der Waals surface area contributed by atoms with Gasteiger partial charge in [0.25, 0.3) is 0 Å². The van der Waals surface area contributed by atoms with E-state index in [1.165, 1.54) is 11.1 Å². The number of thioether (sulfide) groups is 1. The van der Waals surface area contributed by atoms with Crippen molar-refractivity contribution in [3.05, 3.63) is 70.8 Å². The fourth-order valence-electron chi connectivity index (χ4n) is 3.09. The Balaban J connectivity index is 2.07. The number of carbonyl (C=O) groups excluding carboxylic acids is 2. The van der Waals surface area contributed by atoms with Crippen LogP contribution in [0.3, 0.4) is 0 Å². The highest BCUT2D eigenvalue weighted by atomic mass is 32.2. The van der Waals surface area contributed by atoms with Crippen molar-refractivity contribution in [2.45, 2.75) is 52.5 Å². The van der Waals surface area contributed by atoms with Crippen molar-refractivity contribution in [1.29, 1.82) is 0 Å². The van der Waals surface area contributed by atoms with Gasteiger partial charge in [0, 0.05) is 18.8 Å². The highest BCUT2D eigenvalue weighted by Gasteiger charge is 2.26. The summed E-state index contributed by atoms with van der Waals surface area (Å²) < 4.78 is 0. The van der Waals surface area contributed by atoms with Crippen LogP contribution >= 0.6 is 11.8 Å². The molecule has 1 N–H and O–H groups in total. The first-order valence-corrected chi connectivity index (χ1v) is 11.3. The Labute approximate surface area is 179 Å². The summed E-state index contributed by atoms with van der Waals surface area (Å²) in [6.07, 6.45) is 0.872. The van der Waals surface area contributed by atoms with Crippen LogP contribution in [0.15, 0.2) is 48.5 Å². The Hall–Kier alpha value is -2.27. The summed E-state index contributed by atoms with van der Waals surface area (Å²) in [6, 6.07) is 15.8. The van der Waals surface area contributed by atoms with E-state index in [9.17, 15) is 9.59 Å². The number of carbonyl (C=O) groups is 2. The number of rotatable bonds is 10. The minimum atomic E-state index is -0.506. The molecule has 0 heterocycles. The molecule has 2 amide bonds. The molecule has 0 aliphatic carbocycles. The molecule has 2 rings (SSSR count). The summed E-state index contributed by atoms with van der Waals surface area (Å²) in [7, 11) is 0. The van der Waals surface area contributed by atoms with Crippen molar-refractivity contribution in [3.8, 4) is 0 Å². The topological polar surface area (TPSA) is 49.4 Å². The van der Waals surface area contributed by atoms with Crippen LogP contribution in [0.25, 0.3) is 0 Å². The quantitative estimate of drug-likeness (QED) is 0.626. The van der Waals surface area contributed by atoms with Crippen molar-refractivity contribution in [2.75, 3.05) is 12.3 Å². The van der Waals surface area contributed by atoms with Crippen LogP contribution in [0.2, 0.25) is 0 Å². The second-order valence-electron chi connectivity index (χ2n) is 7.40. The zero-order valence-corrected chi connectivity index (χ0v) is 18.7. The monoisotopic (exact) mass is 412 g/mol. The fraction of sp³-hybridized carbons (Fsp3) is 0.417. The van der Waals surface area contributed by atoms with Gasteiger partial charge in [-0.05, 0) is 43.9 Å². The third-order valence-corrected chi connectivity index (χ3v) is 5.88. The van der Waals surface area contributed by atoms with E-state index in [1.807, 2.05) is 51.1 Å². The largest absolute Gasteiger partial charge is 0.354 e. The Bertz CT molecular complexity index is 822. The molecule has 0 saturated heterocycles. The molecule has 1 atom stereocenters. The number of nitrogens with zero attached hydrogens (tertiary/aromatic N) is 1. The van der Waals surface area contributed by atoms with Crippen LogP contribution in [0.4, 0.5) is 0 Å². The minimum Gasteiger partial charge on any atom is -0.354 e. The molecule has 0 unspecified atom stereocenters. The van der Waals surface area contributed by atoms with Gasteiger partial charge in [-0.2, -0.15) is 0 Å². The van der Waals surface area contributed by atoms with E-state index in [0.29, 0.717) is 18.8 Å². The molecule has 0 aliphatic rings. The van der Waals surface area contributed by atoms with E-state index < -0.39 is 6.04 Å². The lowest BCUT2D eigenvalue weighted by Crippen LogP contribution is -2.48. The standard InChI is InChI=1S/C24H32N2O2S/c1-5-13-25-24(28)20(4)26(15-22-12-7-6-10-19(22)3)23(27)17-29-16-21-11-8-9-18(2)14-21/h6-12,14,20H,5,13,15-17H2,1-4H3,(H,25,28)/t20-/m0/s1. The van der Waals surface area contributed by atoms with Gasteiger partial charge in [-0.25, -0.2) is 0 Å². The molecule has 0 radical (unpaired) electrons. The van der Waals surface area contributed by atoms with Gasteiger partial charge in [0.05, 0.1) is 5.75 Å². The van der Waals surface area contributed by atoms with Crippen molar-refractivity contribution in [1.82, 2.24) is 10.2 Å². The van der Waals surface area contributed by atoms with E-state index in [1.54, 1.807) is 16.7 Å². The summed E-state index contributed by atoms with van der Waals surface area (Å²) in [6.45, 7) is 9.00. The van der Waals surface area contributed by atoms with Crippen LogP contribution in [0.5, 0.6) is 0 Å². The molecule has 2 aromatic rings. The predicted octanol–water partition coefficient (Wildman–Crippen LogP) is 4.48. The number of aryl methyl sites for hydroxylation is 2. The normalized spacial score (nSPS) is 11.7. The van der Waals surface area contributed by atoms with Crippen molar-refractivity contribution in [2.24, 2.45) is 0 Å². The molecule has 4 nitrogen and oxygen atoms in total. The SMILES string of the molecule is CCCNC(=O)[C@H](C)N(Cc1ccccc1C)C(=O)CSCc1cccc(C)c1. The Morgan fingerprint density at radius 3 is 2.55 bits per heavy atom. The summed E-state index contributed by atoms with van der Waals surface area (Å²) >= 11 is 1.59. The molecule has 0 bridgehead atoms. The highest BCUT2D eigenvalue weighted by Crippen LogP contribution is 2.18. The van der Waals surface area contributed by atoms with E-state index in [0.717, 1.165) is 23.3 Å². The first-order valence-electron chi connectivity index (χ1n) is 10.2. The van der Waals surface area contributed by atoms with Crippen LogP contribution in [0, 0.1) is 13.8 Å². The van der Waals surface area contributed by atoms with Gasteiger partial charge in [0.2, 0.25) is 11.8 Å². The van der Waals surface area contributed by atoms with Crippen LogP contribution in [0.1, 0.15) is 42.5 Å². The van der Waals surface area contributed by atoms with Gasteiger partial charge in [-0.1, -0.05) is 61.0 Å². The predicted molar refractivity (Wildman–Crippen MR) is 122 cm³/mol. The zero-order chi connectivity index (χ0) is 21.2. The van der Waals surface area contributed by atoms with Crippen LogP contribution < -0.4 is 5.32 Å². The lowest BCUT2D eigenvalue weighted by Gasteiger charge is -2.29. The average Bonchev–Trinajstić information content (AvgIpc) is 2.71. The number of amides is 2. The number of hydrogen-bond acceptors (Lipinski definition) is 3. The molecule has 2 aromatic carbocycles. The minimum absolute atomic E-state index is 0.00921. The third kappa shape index (κ3) is 7.24. The van der Waals surface area contributed by atoms with Gasteiger partial charge in [0.1, 0.15) is 6.04 Å². The van der Waals surface area contributed by atoms with E-state index in [-0.39, 0.29) is 11.8 Å². The number of benzene rings is 2. The number of nitrogens with one attached hydrogen (secondary N) is 1. The molecule has 0 aromatic heterocycles.